The number of fused-ring (bicyclic) bond motifs is 1. The van der Waals surface area contributed by atoms with Gasteiger partial charge in [0.2, 0.25) is 5.88 Å². The van der Waals surface area contributed by atoms with E-state index in [0.717, 1.165) is 42.5 Å². The lowest BCUT2D eigenvalue weighted by Crippen LogP contribution is -2.20. The molecule has 1 saturated carbocycles. The predicted molar refractivity (Wildman–Crippen MR) is 91.3 cm³/mol. The third-order valence-electron chi connectivity index (χ3n) is 4.94. The van der Waals surface area contributed by atoms with Crippen LogP contribution in [0.4, 0.5) is 0 Å². The third-order valence-corrected chi connectivity index (χ3v) is 4.94. The van der Waals surface area contributed by atoms with Gasteiger partial charge in [-0.15, -0.1) is 0 Å². The fraction of sp³-hybridized carbons (Fsp3) is 0.389. The molecule has 1 aliphatic carbocycles. The van der Waals surface area contributed by atoms with Gasteiger partial charge in [-0.1, -0.05) is 25.3 Å². The van der Waals surface area contributed by atoms with E-state index < -0.39 is 0 Å². The molecule has 3 heterocycles. The van der Waals surface area contributed by atoms with Crippen LogP contribution in [0.15, 0.2) is 29.3 Å². The van der Waals surface area contributed by atoms with E-state index in [2.05, 4.69) is 15.1 Å². The summed E-state index contributed by atoms with van der Waals surface area (Å²) in [6, 6.07) is 3.76. The summed E-state index contributed by atoms with van der Waals surface area (Å²) in [5.41, 5.74) is 3.19. The molecule has 0 aliphatic heterocycles. The first-order chi connectivity index (χ1) is 11.7. The van der Waals surface area contributed by atoms with Gasteiger partial charge >= 0.3 is 0 Å². The zero-order valence-corrected chi connectivity index (χ0v) is 13.6. The van der Waals surface area contributed by atoms with Crippen molar-refractivity contribution in [3.63, 3.8) is 0 Å². The highest BCUT2D eigenvalue weighted by atomic mass is 16.3. The molecule has 6 heteroatoms. The minimum absolute atomic E-state index is 0.0288. The smallest absolute Gasteiger partial charge is 0.258 e. The molecule has 0 aromatic carbocycles. The van der Waals surface area contributed by atoms with Gasteiger partial charge in [0, 0.05) is 23.5 Å². The lowest BCUT2D eigenvalue weighted by atomic mass is 9.85. The SMILES string of the molecule is Cc1nn2c(O)c(C3CCCCC3)c(=O)[nH]c2c1-c1cccnc1. The quantitative estimate of drug-likeness (QED) is 0.758. The number of pyridine rings is 1. The number of nitrogens with one attached hydrogen (secondary N) is 1. The molecule has 0 atom stereocenters. The second-order valence-corrected chi connectivity index (χ2v) is 6.49. The summed E-state index contributed by atoms with van der Waals surface area (Å²) in [5, 5.41) is 15.2. The van der Waals surface area contributed by atoms with Gasteiger partial charge in [0.1, 0.15) is 5.65 Å². The second kappa shape index (κ2) is 5.78. The van der Waals surface area contributed by atoms with E-state index in [1.54, 1.807) is 12.4 Å². The largest absolute Gasteiger partial charge is 0.493 e. The molecule has 1 aliphatic rings. The van der Waals surface area contributed by atoms with Crippen molar-refractivity contribution in [1.82, 2.24) is 19.6 Å². The molecule has 0 radical (unpaired) electrons. The average molecular weight is 324 g/mol. The molecule has 0 spiro atoms. The topological polar surface area (TPSA) is 83.3 Å². The second-order valence-electron chi connectivity index (χ2n) is 6.49. The Morgan fingerprint density at radius 1 is 1.29 bits per heavy atom. The van der Waals surface area contributed by atoms with Crippen molar-refractivity contribution < 1.29 is 5.11 Å². The van der Waals surface area contributed by atoms with Crippen LogP contribution in [0.3, 0.4) is 0 Å². The summed E-state index contributed by atoms with van der Waals surface area (Å²) in [6.07, 6.45) is 8.71. The maximum Gasteiger partial charge on any atom is 0.258 e. The molecule has 0 saturated heterocycles. The number of rotatable bonds is 2. The van der Waals surface area contributed by atoms with Crippen molar-refractivity contribution in [2.75, 3.05) is 0 Å². The van der Waals surface area contributed by atoms with Gasteiger partial charge in [-0.2, -0.15) is 9.61 Å². The molecule has 4 rings (SSSR count). The van der Waals surface area contributed by atoms with Gasteiger partial charge in [0.25, 0.3) is 5.56 Å². The number of H-pyrrole nitrogens is 1. The van der Waals surface area contributed by atoms with Crippen molar-refractivity contribution in [2.24, 2.45) is 0 Å². The van der Waals surface area contributed by atoms with Crippen LogP contribution in [-0.4, -0.2) is 24.7 Å². The highest BCUT2D eigenvalue weighted by Gasteiger charge is 2.26. The Morgan fingerprint density at radius 2 is 2.08 bits per heavy atom. The third kappa shape index (κ3) is 2.29. The number of aryl methyl sites for hydroxylation is 1. The van der Waals surface area contributed by atoms with Crippen molar-refractivity contribution in [1.29, 1.82) is 0 Å². The highest BCUT2D eigenvalue weighted by molar-refractivity contribution is 5.79. The number of nitrogens with zero attached hydrogens (tertiary/aromatic N) is 3. The Morgan fingerprint density at radius 3 is 2.79 bits per heavy atom. The van der Waals surface area contributed by atoms with Crippen LogP contribution < -0.4 is 5.56 Å². The number of hydrogen-bond acceptors (Lipinski definition) is 4. The molecule has 124 valence electrons. The average Bonchev–Trinajstić information content (AvgIpc) is 2.93. The molecular formula is C18H20N4O2. The highest BCUT2D eigenvalue weighted by Crippen LogP contribution is 2.36. The molecule has 3 aromatic heterocycles. The van der Waals surface area contributed by atoms with Crippen molar-refractivity contribution in [3.05, 3.63) is 46.1 Å². The number of hydrogen-bond donors (Lipinski definition) is 2. The van der Waals surface area contributed by atoms with Gasteiger partial charge in [-0.3, -0.25) is 9.78 Å². The van der Waals surface area contributed by atoms with E-state index in [4.69, 9.17) is 0 Å². The molecule has 0 unspecified atom stereocenters. The fourth-order valence-corrected chi connectivity index (χ4v) is 3.80. The van der Waals surface area contributed by atoms with Crippen LogP contribution in [0.1, 0.15) is 49.3 Å². The minimum Gasteiger partial charge on any atom is -0.493 e. The fourth-order valence-electron chi connectivity index (χ4n) is 3.80. The molecule has 2 N–H and O–H groups in total. The van der Waals surface area contributed by atoms with Crippen LogP contribution in [-0.2, 0) is 0 Å². The van der Waals surface area contributed by atoms with E-state index in [-0.39, 0.29) is 17.4 Å². The first-order valence-corrected chi connectivity index (χ1v) is 8.41. The zero-order chi connectivity index (χ0) is 16.7. The minimum atomic E-state index is -0.211. The van der Waals surface area contributed by atoms with Crippen LogP contribution in [0, 0.1) is 6.92 Å². The lowest BCUT2D eigenvalue weighted by molar-refractivity contribution is 0.390. The summed E-state index contributed by atoms with van der Waals surface area (Å²) < 4.78 is 1.46. The van der Waals surface area contributed by atoms with E-state index in [1.807, 2.05) is 19.1 Å². The molecule has 3 aromatic rings. The Kier molecular flexibility index (Phi) is 3.59. The zero-order valence-electron chi connectivity index (χ0n) is 13.6. The molecule has 1 fully saturated rings. The Hall–Kier alpha value is -2.63. The number of aromatic amines is 1. The predicted octanol–water partition coefficient (Wildman–Crippen LogP) is 3.15. The first kappa shape index (κ1) is 14.9. The van der Waals surface area contributed by atoms with Crippen molar-refractivity contribution in [3.8, 4) is 17.0 Å². The molecule has 0 amide bonds. The first-order valence-electron chi connectivity index (χ1n) is 8.41. The van der Waals surface area contributed by atoms with E-state index >= 15 is 0 Å². The van der Waals surface area contributed by atoms with Crippen LogP contribution in [0.2, 0.25) is 0 Å². The van der Waals surface area contributed by atoms with Gasteiger partial charge in [-0.25, -0.2) is 0 Å². The van der Waals surface area contributed by atoms with Gasteiger partial charge in [0.15, 0.2) is 0 Å². The molecule has 24 heavy (non-hydrogen) atoms. The Bertz CT molecular complexity index is 937. The van der Waals surface area contributed by atoms with E-state index in [1.165, 1.54) is 10.9 Å². The summed E-state index contributed by atoms with van der Waals surface area (Å²) in [5.74, 6) is 0.0807. The molecular weight excluding hydrogens is 304 g/mol. The summed E-state index contributed by atoms with van der Waals surface area (Å²) in [6.45, 7) is 1.87. The molecule has 6 nitrogen and oxygen atoms in total. The number of aromatic nitrogens is 4. The van der Waals surface area contributed by atoms with Crippen molar-refractivity contribution in [2.45, 2.75) is 44.9 Å². The Labute approximate surface area is 139 Å². The maximum atomic E-state index is 12.7. The van der Waals surface area contributed by atoms with Crippen LogP contribution >= 0.6 is 0 Å². The van der Waals surface area contributed by atoms with E-state index in [9.17, 15) is 9.90 Å². The summed E-state index contributed by atoms with van der Waals surface area (Å²) in [7, 11) is 0. The van der Waals surface area contributed by atoms with Crippen LogP contribution in [0.5, 0.6) is 5.88 Å². The normalized spacial score (nSPS) is 15.9. The standard InChI is InChI=1S/C18H20N4O2/c1-11-14(13-8-5-9-19-10-13)16-20-17(23)15(18(24)22(16)21-11)12-6-3-2-4-7-12/h5,8-10,12,24H,2-4,6-7H2,1H3,(H,20,23). The van der Waals surface area contributed by atoms with Crippen LogP contribution in [0.25, 0.3) is 16.8 Å². The van der Waals surface area contributed by atoms with E-state index in [0.29, 0.717) is 11.2 Å². The lowest BCUT2D eigenvalue weighted by Gasteiger charge is -2.21. The molecule has 0 bridgehead atoms. The number of aromatic hydroxyl groups is 1. The summed E-state index contributed by atoms with van der Waals surface area (Å²) in [4.78, 5) is 19.7. The maximum absolute atomic E-state index is 12.7. The monoisotopic (exact) mass is 324 g/mol. The Balaban J connectivity index is 1.94. The van der Waals surface area contributed by atoms with Gasteiger partial charge < -0.3 is 10.1 Å². The van der Waals surface area contributed by atoms with Gasteiger partial charge in [-0.05, 0) is 31.7 Å². The summed E-state index contributed by atoms with van der Waals surface area (Å²) >= 11 is 0. The van der Waals surface area contributed by atoms with Crippen molar-refractivity contribution >= 4 is 5.65 Å². The van der Waals surface area contributed by atoms with Gasteiger partial charge in [0.05, 0.1) is 11.3 Å².